The van der Waals surface area contributed by atoms with Gasteiger partial charge in [0.25, 0.3) is 0 Å². The monoisotopic (exact) mass is 292 g/mol. The van der Waals surface area contributed by atoms with Gasteiger partial charge in [-0.3, -0.25) is 4.98 Å². The second-order valence-corrected chi connectivity index (χ2v) is 6.10. The van der Waals surface area contributed by atoms with Crippen molar-refractivity contribution >= 4 is 10.9 Å². The van der Waals surface area contributed by atoms with Gasteiger partial charge < -0.3 is 4.90 Å². The molecule has 0 N–H and O–H groups in total. The molecule has 0 spiro atoms. The molecule has 0 bridgehead atoms. The highest BCUT2D eigenvalue weighted by atomic mass is 15.3. The van der Waals surface area contributed by atoms with Crippen LogP contribution in [0.5, 0.6) is 0 Å². The maximum atomic E-state index is 4.98. The Bertz CT molecular complexity index is 770. The molecule has 1 aliphatic heterocycles. The highest BCUT2D eigenvalue weighted by molar-refractivity contribution is 5.84. The van der Waals surface area contributed by atoms with E-state index >= 15 is 0 Å². The van der Waals surface area contributed by atoms with Gasteiger partial charge in [0.1, 0.15) is 0 Å². The van der Waals surface area contributed by atoms with Crippen LogP contribution in [0.3, 0.4) is 0 Å². The molecule has 0 aliphatic carbocycles. The molecule has 4 nitrogen and oxygen atoms in total. The standard InChI is InChI=1S/C18H20N4/c1-21-12-8-14(9-13-21)18-16-4-2-3-5-17(16)22(20-18)15-6-10-19-11-7-15/h2-7,10-11,14H,8-9,12-13H2,1H3. The molecule has 1 fully saturated rings. The Morgan fingerprint density at radius 1 is 1.00 bits per heavy atom. The van der Waals surface area contributed by atoms with E-state index in [-0.39, 0.29) is 0 Å². The lowest BCUT2D eigenvalue weighted by Crippen LogP contribution is -2.29. The molecule has 1 saturated heterocycles. The average Bonchev–Trinajstić information content (AvgIpc) is 2.96. The van der Waals surface area contributed by atoms with Gasteiger partial charge in [-0.1, -0.05) is 18.2 Å². The van der Waals surface area contributed by atoms with E-state index in [0.29, 0.717) is 5.92 Å². The Morgan fingerprint density at radius 2 is 1.73 bits per heavy atom. The van der Waals surface area contributed by atoms with Crippen LogP contribution in [-0.2, 0) is 0 Å². The van der Waals surface area contributed by atoms with Crippen LogP contribution in [0.2, 0.25) is 0 Å². The van der Waals surface area contributed by atoms with Crippen LogP contribution in [0.15, 0.2) is 48.8 Å². The van der Waals surface area contributed by atoms with E-state index in [1.54, 1.807) is 0 Å². The number of fused-ring (bicyclic) bond motifs is 1. The van der Waals surface area contributed by atoms with Crippen molar-refractivity contribution in [1.29, 1.82) is 0 Å². The smallest absolute Gasteiger partial charge is 0.0744 e. The van der Waals surface area contributed by atoms with Crippen LogP contribution in [0.1, 0.15) is 24.5 Å². The number of benzene rings is 1. The molecule has 0 radical (unpaired) electrons. The van der Waals surface area contributed by atoms with Gasteiger partial charge in [0.05, 0.1) is 16.9 Å². The third-order valence-corrected chi connectivity index (χ3v) is 4.63. The fraction of sp³-hybridized carbons (Fsp3) is 0.333. The molecule has 0 amide bonds. The lowest BCUT2D eigenvalue weighted by atomic mass is 9.92. The Balaban J connectivity index is 1.83. The van der Waals surface area contributed by atoms with Crippen molar-refractivity contribution in [3.8, 4) is 5.69 Å². The molecule has 4 heteroatoms. The Hall–Kier alpha value is -2.20. The van der Waals surface area contributed by atoms with Crippen LogP contribution in [-0.4, -0.2) is 39.8 Å². The fourth-order valence-corrected chi connectivity index (χ4v) is 3.36. The summed E-state index contributed by atoms with van der Waals surface area (Å²) in [5.41, 5.74) is 3.51. The summed E-state index contributed by atoms with van der Waals surface area (Å²) in [7, 11) is 2.20. The molecular formula is C18H20N4. The maximum absolute atomic E-state index is 4.98. The Labute approximate surface area is 130 Å². The zero-order valence-corrected chi connectivity index (χ0v) is 12.8. The predicted molar refractivity (Wildman–Crippen MR) is 88.3 cm³/mol. The molecule has 112 valence electrons. The van der Waals surface area contributed by atoms with Crippen molar-refractivity contribution < 1.29 is 0 Å². The van der Waals surface area contributed by atoms with Crippen LogP contribution in [0.4, 0.5) is 0 Å². The second-order valence-electron chi connectivity index (χ2n) is 6.10. The Kier molecular flexibility index (Phi) is 3.39. The lowest BCUT2D eigenvalue weighted by Gasteiger charge is -2.28. The van der Waals surface area contributed by atoms with Gasteiger partial charge in [0.15, 0.2) is 0 Å². The summed E-state index contributed by atoms with van der Waals surface area (Å²) in [5.74, 6) is 0.559. The van der Waals surface area contributed by atoms with E-state index in [0.717, 1.165) is 18.8 Å². The van der Waals surface area contributed by atoms with Crippen molar-refractivity contribution in [3.05, 3.63) is 54.5 Å². The first kappa shape index (κ1) is 13.5. The fourth-order valence-electron chi connectivity index (χ4n) is 3.36. The van der Waals surface area contributed by atoms with Crippen LogP contribution in [0.25, 0.3) is 16.6 Å². The van der Waals surface area contributed by atoms with E-state index in [9.17, 15) is 0 Å². The topological polar surface area (TPSA) is 34.0 Å². The quantitative estimate of drug-likeness (QED) is 0.727. The number of aromatic nitrogens is 3. The van der Waals surface area contributed by atoms with E-state index < -0.39 is 0 Å². The summed E-state index contributed by atoms with van der Waals surface area (Å²) in [6.07, 6.45) is 6.02. The van der Waals surface area contributed by atoms with Gasteiger partial charge >= 0.3 is 0 Å². The molecule has 1 aliphatic rings. The molecule has 1 aromatic carbocycles. The summed E-state index contributed by atoms with van der Waals surface area (Å²) in [6.45, 7) is 2.31. The van der Waals surface area contributed by atoms with Gasteiger partial charge in [-0.05, 0) is 51.2 Å². The van der Waals surface area contributed by atoms with E-state index in [4.69, 9.17) is 5.10 Å². The lowest BCUT2D eigenvalue weighted by molar-refractivity contribution is 0.253. The summed E-state index contributed by atoms with van der Waals surface area (Å²) >= 11 is 0. The molecule has 0 saturated carbocycles. The number of hydrogen-bond donors (Lipinski definition) is 0. The number of rotatable bonds is 2. The molecule has 0 unspecified atom stereocenters. The maximum Gasteiger partial charge on any atom is 0.0744 e. The largest absolute Gasteiger partial charge is 0.306 e. The number of para-hydroxylation sites is 1. The highest BCUT2D eigenvalue weighted by Gasteiger charge is 2.23. The van der Waals surface area contributed by atoms with Crippen LogP contribution < -0.4 is 0 Å². The van der Waals surface area contributed by atoms with Crippen molar-refractivity contribution in [1.82, 2.24) is 19.7 Å². The molecule has 2 aromatic heterocycles. The zero-order chi connectivity index (χ0) is 14.9. The first-order chi connectivity index (χ1) is 10.8. The van der Waals surface area contributed by atoms with Crippen molar-refractivity contribution in [3.63, 3.8) is 0 Å². The SMILES string of the molecule is CN1CCC(c2nn(-c3ccncc3)c3ccccc23)CC1. The summed E-state index contributed by atoms with van der Waals surface area (Å²) in [6, 6.07) is 12.6. The van der Waals surface area contributed by atoms with Gasteiger partial charge in [-0.15, -0.1) is 0 Å². The highest BCUT2D eigenvalue weighted by Crippen LogP contribution is 2.33. The molecule has 3 aromatic rings. The molecule has 22 heavy (non-hydrogen) atoms. The van der Waals surface area contributed by atoms with Crippen molar-refractivity contribution in [2.45, 2.75) is 18.8 Å². The molecular weight excluding hydrogens is 272 g/mol. The number of hydrogen-bond acceptors (Lipinski definition) is 3. The van der Waals surface area contributed by atoms with Crippen LogP contribution >= 0.6 is 0 Å². The minimum atomic E-state index is 0.559. The van der Waals surface area contributed by atoms with E-state index in [1.807, 2.05) is 24.5 Å². The van der Waals surface area contributed by atoms with Crippen molar-refractivity contribution in [2.75, 3.05) is 20.1 Å². The predicted octanol–water partition coefficient (Wildman–Crippen LogP) is 3.23. The average molecular weight is 292 g/mol. The van der Waals surface area contributed by atoms with Gasteiger partial charge in [0.2, 0.25) is 0 Å². The third-order valence-electron chi connectivity index (χ3n) is 4.63. The van der Waals surface area contributed by atoms with E-state index in [1.165, 1.54) is 29.4 Å². The molecule has 0 atom stereocenters. The molecule has 4 rings (SSSR count). The van der Waals surface area contributed by atoms with Gasteiger partial charge in [-0.25, -0.2) is 4.68 Å². The minimum Gasteiger partial charge on any atom is -0.306 e. The number of nitrogens with zero attached hydrogens (tertiary/aromatic N) is 4. The summed E-state index contributed by atoms with van der Waals surface area (Å²) in [5, 5.41) is 6.26. The second kappa shape index (κ2) is 5.54. The first-order valence-corrected chi connectivity index (χ1v) is 7.89. The van der Waals surface area contributed by atoms with Crippen LogP contribution in [0, 0.1) is 0 Å². The first-order valence-electron chi connectivity index (χ1n) is 7.89. The number of piperidine rings is 1. The normalized spacial score (nSPS) is 17.1. The summed E-state index contributed by atoms with van der Waals surface area (Å²) in [4.78, 5) is 6.51. The third kappa shape index (κ3) is 2.29. The minimum absolute atomic E-state index is 0.559. The number of likely N-dealkylation sites (tertiary alicyclic amines) is 1. The molecule has 3 heterocycles. The van der Waals surface area contributed by atoms with Crippen molar-refractivity contribution in [2.24, 2.45) is 0 Å². The number of pyridine rings is 1. The van der Waals surface area contributed by atoms with E-state index in [2.05, 4.69) is 45.9 Å². The Morgan fingerprint density at radius 3 is 2.50 bits per heavy atom. The van der Waals surface area contributed by atoms with Gasteiger partial charge in [-0.2, -0.15) is 5.10 Å². The summed E-state index contributed by atoms with van der Waals surface area (Å²) < 4.78 is 2.06. The van der Waals surface area contributed by atoms with Gasteiger partial charge in [0, 0.05) is 23.7 Å². The zero-order valence-electron chi connectivity index (χ0n) is 12.8.